The van der Waals surface area contributed by atoms with Crippen LogP contribution in [-0.4, -0.2) is 53.7 Å². The summed E-state index contributed by atoms with van der Waals surface area (Å²) in [6.45, 7) is 4.34. The van der Waals surface area contributed by atoms with E-state index in [0.717, 1.165) is 6.42 Å². The molecule has 1 amide bonds. The van der Waals surface area contributed by atoms with Gasteiger partial charge in [0.15, 0.2) is 23.0 Å². The Bertz CT molecular complexity index is 962. The minimum absolute atomic E-state index is 0.00537. The fraction of sp³-hybridized carbons (Fsp3) is 0.391. The van der Waals surface area contributed by atoms with Crippen LogP contribution in [0, 0.1) is 5.92 Å². The summed E-state index contributed by atoms with van der Waals surface area (Å²) in [5.41, 5.74) is 0.428. The van der Waals surface area contributed by atoms with Crippen molar-refractivity contribution in [1.82, 2.24) is 4.90 Å². The number of benzene rings is 1. The van der Waals surface area contributed by atoms with Crippen LogP contribution in [0.2, 0.25) is 0 Å². The van der Waals surface area contributed by atoms with Gasteiger partial charge in [-0.15, -0.1) is 0 Å². The summed E-state index contributed by atoms with van der Waals surface area (Å²) in [5, 5.41) is 19.9. The first-order valence-corrected chi connectivity index (χ1v) is 10.1. The second kappa shape index (κ2) is 9.70. The number of Topliss-reactive ketones (excluding diaryl/α,β-unsaturated/α-hetero) is 1. The van der Waals surface area contributed by atoms with Crippen molar-refractivity contribution < 1.29 is 33.7 Å². The highest BCUT2D eigenvalue weighted by atomic mass is 16.5. The number of rotatable bonds is 10. The predicted octanol–water partition coefficient (Wildman–Crippen LogP) is 3.28. The molecule has 0 saturated carbocycles. The Morgan fingerprint density at radius 1 is 1.26 bits per heavy atom. The molecule has 1 aromatic heterocycles. The first kappa shape index (κ1) is 22.4. The van der Waals surface area contributed by atoms with E-state index in [2.05, 4.69) is 13.8 Å². The van der Waals surface area contributed by atoms with E-state index in [0.29, 0.717) is 29.6 Å². The van der Waals surface area contributed by atoms with Crippen LogP contribution in [0.5, 0.6) is 11.5 Å². The molecule has 166 valence electrons. The number of aliphatic hydroxyl groups is 2. The van der Waals surface area contributed by atoms with Gasteiger partial charge in [0.25, 0.3) is 5.91 Å². The molecule has 2 heterocycles. The van der Waals surface area contributed by atoms with E-state index >= 15 is 0 Å². The average Bonchev–Trinajstić information content (AvgIpc) is 3.37. The number of furan rings is 1. The number of carbonyl (C=O) groups excluding carboxylic acids is 2. The number of amides is 1. The number of ether oxygens (including phenoxy) is 2. The Labute approximate surface area is 180 Å². The van der Waals surface area contributed by atoms with E-state index in [4.69, 9.17) is 13.9 Å². The molecule has 2 N–H and O–H groups in total. The quantitative estimate of drug-likeness (QED) is 0.558. The molecule has 2 aromatic rings. The second-order valence-electron chi connectivity index (χ2n) is 7.63. The van der Waals surface area contributed by atoms with Gasteiger partial charge in [0, 0.05) is 6.54 Å². The molecule has 1 atom stereocenters. The third-order valence-corrected chi connectivity index (χ3v) is 5.09. The fourth-order valence-electron chi connectivity index (χ4n) is 3.49. The number of hydrogen-bond donors (Lipinski definition) is 2. The maximum atomic E-state index is 13.0. The molecule has 3 rings (SSSR count). The van der Waals surface area contributed by atoms with Gasteiger partial charge in [0.05, 0.1) is 38.2 Å². The zero-order valence-corrected chi connectivity index (χ0v) is 17.8. The minimum Gasteiger partial charge on any atom is -0.503 e. The highest BCUT2D eigenvalue weighted by Crippen LogP contribution is 2.41. The summed E-state index contributed by atoms with van der Waals surface area (Å²) in [5.74, 6) is -0.513. The van der Waals surface area contributed by atoms with Crippen molar-refractivity contribution >= 4 is 11.7 Å². The van der Waals surface area contributed by atoms with Gasteiger partial charge in [0.1, 0.15) is 0 Å². The number of carbonyl (C=O) groups is 2. The van der Waals surface area contributed by atoms with E-state index < -0.39 is 23.5 Å². The van der Waals surface area contributed by atoms with Crippen LogP contribution < -0.4 is 9.47 Å². The lowest BCUT2D eigenvalue weighted by Gasteiger charge is -2.26. The molecule has 0 fully saturated rings. The van der Waals surface area contributed by atoms with E-state index in [1.807, 2.05) is 0 Å². The van der Waals surface area contributed by atoms with Gasteiger partial charge in [-0.3, -0.25) is 9.59 Å². The maximum absolute atomic E-state index is 13.0. The van der Waals surface area contributed by atoms with E-state index in [1.165, 1.54) is 24.3 Å². The number of hydrogen-bond acceptors (Lipinski definition) is 7. The van der Waals surface area contributed by atoms with E-state index in [-0.39, 0.29) is 24.5 Å². The third kappa shape index (κ3) is 4.59. The summed E-state index contributed by atoms with van der Waals surface area (Å²) in [4.78, 5) is 26.9. The van der Waals surface area contributed by atoms with Crippen molar-refractivity contribution in [2.45, 2.75) is 26.3 Å². The lowest BCUT2D eigenvalue weighted by atomic mass is 9.94. The van der Waals surface area contributed by atoms with Crippen molar-refractivity contribution in [2.24, 2.45) is 5.92 Å². The Balaban J connectivity index is 1.99. The Kier molecular flexibility index (Phi) is 7.02. The number of nitrogens with zero attached hydrogens (tertiary/aromatic N) is 1. The second-order valence-corrected chi connectivity index (χ2v) is 7.63. The normalized spacial score (nSPS) is 16.4. The van der Waals surface area contributed by atoms with Gasteiger partial charge in [-0.1, -0.05) is 19.9 Å². The standard InChI is InChI=1S/C23H27NO7/c1-14(2)8-12-31-16-7-6-15(13-18(16)29-3)20-19(21(26)17-5-4-11-30-17)22(27)23(28)24(20)9-10-25/h4-7,11,13-14,20,25,27H,8-10,12H2,1-3H3/t20-/m0/s1. The molecule has 0 unspecified atom stereocenters. The van der Waals surface area contributed by atoms with Crippen LogP contribution in [-0.2, 0) is 4.79 Å². The average molecular weight is 429 g/mol. The first-order valence-electron chi connectivity index (χ1n) is 10.1. The fourth-order valence-corrected chi connectivity index (χ4v) is 3.49. The third-order valence-electron chi connectivity index (χ3n) is 5.09. The summed E-state index contributed by atoms with van der Waals surface area (Å²) in [6.07, 6.45) is 2.22. The summed E-state index contributed by atoms with van der Waals surface area (Å²) >= 11 is 0. The largest absolute Gasteiger partial charge is 0.503 e. The predicted molar refractivity (Wildman–Crippen MR) is 112 cm³/mol. The summed E-state index contributed by atoms with van der Waals surface area (Å²) < 4.78 is 16.5. The Morgan fingerprint density at radius 2 is 2.03 bits per heavy atom. The Hall–Kier alpha value is -3.26. The van der Waals surface area contributed by atoms with Crippen LogP contribution in [0.4, 0.5) is 0 Å². The first-order chi connectivity index (χ1) is 14.9. The van der Waals surface area contributed by atoms with Gasteiger partial charge in [-0.2, -0.15) is 0 Å². The summed E-state index contributed by atoms with van der Waals surface area (Å²) in [6, 6.07) is 7.20. The zero-order valence-electron chi connectivity index (χ0n) is 17.8. The van der Waals surface area contributed by atoms with E-state index in [9.17, 15) is 19.8 Å². The molecule has 0 radical (unpaired) electrons. The van der Waals surface area contributed by atoms with Gasteiger partial charge in [-0.05, 0) is 42.2 Å². The van der Waals surface area contributed by atoms with Crippen molar-refractivity contribution in [3.8, 4) is 11.5 Å². The molecular weight excluding hydrogens is 402 g/mol. The number of methoxy groups -OCH3 is 1. The number of β-amino-alcohol motifs (C(OH)–C–C–N with tert-alkyl or cyclic N) is 1. The lowest BCUT2D eigenvalue weighted by molar-refractivity contribution is -0.129. The van der Waals surface area contributed by atoms with Crippen LogP contribution in [0.3, 0.4) is 0 Å². The highest BCUT2D eigenvalue weighted by molar-refractivity contribution is 6.15. The molecule has 1 aromatic carbocycles. The van der Waals surface area contributed by atoms with Crippen LogP contribution >= 0.6 is 0 Å². The van der Waals surface area contributed by atoms with Gasteiger partial charge < -0.3 is 29.0 Å². The lowest BCUT2D eigenvalue weighted by Crippen LogP contribution is -2.33. The SMILES string of the molecule is COc1cc([C@H]2C(C(=O)c3ccco3)=C(O)C(=O)N2CCO)ccc1OCCC(C)C. The molecule has 0 bridgehead atoms. The van der Waals surface area contributed by atoms with Crippen molar-refractivity contribution in [2.75, 3.05) is 26.9 Å². The number of ketones is 1. The smallest absolute Gasteiger partial charge is 0.290 e. The molecule has 1 aliphatic rings. The Morgan fingerprint density at radius 3 is 2.65 bits per heavy atom. The van der Waals surface area contributed by atoms with Gasteiger partial charge in [0.2, 0.25) is 5.78 Å². The van der Waals surface area contributed by atoms with Gasteiger partial charge >= 0.3 is 0 Å². The molecule has 1 aliphatic heterocycles. The van der Waals surface area contributed by atoms with Crippen LogP contribution in [0.15, 0.2) is 52.3 Å². The van der Waals surface area contributed by atoms with Crippen LogP contribution in [0.1, 0.15) is 42.4 Å². The zero-order chi connectivity index (χ0) is 22.5. The molecule has 31 heavy (non-hydrogen) atoms. The molecule has 8 nitrogen and oxygen atoms in total. The monoisotopic (exact) mass is 429 g/mol. The topological polar surface area (TPSA) is 109 Å². The van der Waals surface area contributed by atoms with Crippen LogP contribution in [0.25, 0.3) is 0 Å². The minimum atomic E-state index is -0.907. The highest BCUT2D eigenvalue weighted by Gasteiger charge is 2.44. The molecule has 0 aliphatic carbocycles. The molecule has 0 spiro atoms. The van der Waals surface area contributed by atoms with Crippen molar-refractivity contribution in [3.05, 3.63) is 59.3 Å². The summed E-state index contributed by atoms with van der Waals surface area (Å²) in [7, 11) is 1.50. The van der Waals surface area contributed by atoms with Crippen molar-refractivity contribution in [1.29, 1.82) is 0 Å². The van der Waals surface area contributed by atoms with Gasteiger partial charge in [-0.25, -0.2) is 0 Å². The number of aliphatic hydroxyl groups excluding tert-OH is 2. The van der Waals surface area contributed by atoms with E-state index in [1.54, 1.807) is 24.3 Å². The van der Waals surface area contributed by atoms with Crippen molar-refractivity contribution in [3.63, 3.8) is 0 Å². The maximum Gasteiger partial charge on any atom is 0.290 e. The molecule has 0 saturated heterocycles. The molecule has 8 heteroatoms. The molecular formula is C23H27NO7.